The zero-order valence-corrected chi connectivity index (χ0v) is 18.5. The minimum Gasteiger partial charge on any atom is -0.376 e. The number of sulfonamides is 1. The molecule has 1 aromatic carbocycles. The Morgan fingerprint density at radius 2 is 2.00 bits per heavy atom. The van der Waals surface area contributed by atoms with E-state index >= 15 is 0 Å². The number of aromatic nitrogens is 2. The normalized spacial score (nSPS) is 25.3. The van der Waals surface area contributed by atoms with Gasteiger partial charge in [0.15, 0.2) is 0 Å². The summed E-state index contributed by atoms with van der Waals surface area (Å²) in [7, 11) is -3.73. The summed E-state index contributed by atoms with van der Waals surface area (Å²) in [5.74, 6) is -6.98. The Morgan fingerprint density at radius 1 is 1.24 bits per heavy atom. The Labute approximate surface area is 188 Å². The van der Waals surface area contributed by atoms with Gasteiger partial charge in [-0.05, 0) is 30.5 Å². The minimum atomic E-state index is -3.73. The summed E-state index contributed by atoms with van der Waals surface area (Å²) in [5.41, 5.74) is 2.12. The van der Waals surface area contributed by atoms with Crippen molar-refractivity contribution in [2.75, 3.05) is 23.8 Å². The number of nitrogens with zero attached hydrogens (tertiary/aromatic N) is 3. The highest BCUT2D eigenvalue weighted by atomic mass is 32.2. The summed E-state index contributed by atoms with van der Waals surface area (Å²) in [6, 6.07) is 3.93. The van der Waals surface area contributed by atoms with Gasteiger partial charge in [-0.3, -0.25) is 0 Å². The number of hydrogen-bond acceptors (Lipinski definition) is 6. The molecule has 3 aliphatic rings. The van der Waals surface area contributed by atoms with E-state index in [1.54, 1.807) is 18.2 Å². The van der Waals surface area contributed by atoms with Crippen molar-refractivity contribution in [3.05, 3.63) is 40.6 Å². The Kier molecular flexibility index (Phi) is 5.00. The van der Waals surface area contributed by atoms with Crippen LogP contribution in [0, 0.1) is 0 Å². The highest BCUT2D eigenvalue weighted by molar-refractivity contribution is 7.89. The van der Waals surface area contributed by atoms with Crippen LogP contribution in [0.4, 0.5) is 23.5 Å². The predicted molar refractivity (Wildman–Crippen MR) is 112 cm³/mol. The molecular weight excluding hydrogens is 464 g/mol. The Hall–Kier alpha value is -2.31. The number of primary sulfonamides is 1. The van der Waals surface area contributed by atoms with Crippen molar-refractivity contribution in [1.29, 1.82) is 0 Å². The van der Waals surface area contributed by atoms with Crippen LogP contribution in [0.5, 0.6) is 0 Å². The molecule has 33 heavy (non-hydrogen) atoms. The monoisotopic (exact) mass is 486 g/mol. The molecule has 3 heterocycles. The molecule has 178 valence electrons. The Morgan fingerprint density at radius 3 is 2.67 bits per heavy atom. The van der Waals surface area contributed by atoms with Crippen LogP contribution in [-0.4, -0.2) is 49.3 Å². The third kappa shape index (κ3) is 3.87. The van der Waals surface area contributed by atoms with Crippen molar-refractivity contribution in [2.45, 2.75) is 50.2 Å². The molecule has 0 bridgehead atoms. The maximum absolute atomic E-state index is 14.6. The second-order valence-corrected chi connectivity index (χ2v) is 10.6. The van der Waals surface area contributed by atoms with Crippen LogP contribution in [-0.2, 0) is 33.7 Å². The second-order valence-electron chi connectivity index (χ2n) is 8.92. The summed E-state index contributed by atoms with van der Waals surface area (Å²) < 4.78 is 85.3. The zero-order valence-electron chi connectivity index (χ0n) is 17.7. The van der Waals surface area contributed by atoms with E-state index in [1.165, 1.54) is 11.8 Å². The minimum absolute atomic E-state index is 0.0608. The first-order valence-corrected chi connectivity index (χ1v) is 12.2. The lowest BCUT2D eigenvalue weighted by atomic mass is 9.91. The topological polar surface area (TPSA) is 98.4 Å². The van der Waals surface area contributed by atoms with Crippen LogP contribution in [0.2, 0.25) is 0 Å². The van der Waals surface area contributed by atoms with Crippen molar-refractivity contribution >= 4 is 16.0 Å². The number of rotatable bonds is 4. The fourth-order valence-electron chi connectivity index (χ4n) is 4.73. The average molecular weight is 486 g/mol. The fourth-order valence-corrected chi connectivity index (χ4v) is 5.57. The third-order valence-electron chi connectivity index (χ3n) is 6.61. The molecule has 1 saturated heterocycles. The lowest BCUT2D eigenvalue weighted by Gasteiger charge is -2.45. The lowest BCUT2D eigenvalue weighted by molar-refractivity contribution is -0.0650. The molecule has 1 fully saturated rings. The first-order valence-electron chi connectivity index (χ1n) is 10.5. The fraction of sp³-hybridized carbons (Fsp3) is 0.524. The van der Waals surface area contributed by atoms with E-state index in [-0.39, 0.29) is 37.0 Å². The maximum atomic E-state index is 14.6. The summed E-state index contributed by atoms with van der Waals surface area (Å²) in [6.07, 6.45) is -0.366. The molecule has 2 atom stereocenters. The van der Waals surface area contributed by atoms with Crippen molar-refractivity contribution in [1.82, 2.24) is 9.97 Å². The van der Waals surface area contributed by atoms with E-state index in [2.05, 4.69) is 9.97 Å². The van der Waals surface area contributed by atoms with Gasteiger partial charge in [-0.2, -0.15) is 8.78 Å². The van der Waals surface area contributed by atoms with Gasteiger partial charge in [0, 0.05) is 23.5 Å². The van der Waals surface area contributed by atoms with Gasteiger partial charge in [0.1, 0.15) is 5.69 Å². The van der Waals surface area contributed by atoms with E-state index in [0.717, 1.165) is 5.56 Å². The van der Waals surface area contributed by atoms with E-state index < -0.39 is 52.5 Å². The molecule has 5 rings (SSSR count). The second kappa shape index (κ2) is 7.34. The smallest absolute Gasteiger partial charge is 0.290 e. The molecule has 0 amide bonds. The van der Waals surface area contributed by atoms with Gasteiger partial charge < -0.3 is 9.64 Å². The van der Waals surface area contributed by atoms with Crippen molar-refractivity contribution in [2.24, 2.45) is 5.14 Å². The van der Waals surface area contributed by atoms with Gasteiger partial charge in [-0.1, -0.05) is 12.1 Å². The number of alkyl halides is 4. The van der Waals surface area contributed by atoms with Gasteiger partial charge in [-0.15, -0.1) is 0 Å². The van der Waals surface area contributed by atoms with E-state index in [1.807, 2.05) is 0 Å². The summed E-state index contributed by atoms with van der Waals surface area (Å²) in [5, 5.41) is 5.20. The number of hydrogen-bond donors (Lipinski definition) is 1. The molecule has 12 heteroatoms. The first-order chi connectivity index (χ1) is 15.4. The largest absolute Gasteiger partial charge is 0.376 e. The van der Waals surface area contributed by atoms with Gasteiger partial charge in [-0.25, -0.2) is 32.3 Å². The number of halogens is 4. The molecule has 2 aliphatic heterocycles. The molecule has 0 spiro atoms. The highest BCUT2D eigenvalue weighted by Crippen LogP contribution is 2.46. The molecule has 2 N–H and O–H groups in total. The molecule has 1 aliphatic carbocycles. The van der Waals surface area contributed by atoms with Crippen molar-refractivity contribution < 1.29 is 30.7 Å². The van der Waals surface area contributed by atoms with Crippen LogP contribution in [0.3, 0.4) is 0 Å². The van der Waals surface area contributed by atoms with Crippen molar-refractivity contribution in [3.8, 4) is 11.3 Å². The zero-order chi connectivity index (χ0) is 23.8. The van der Waals surface area contributed by atoms with Gasteiger partial charge >= 0.3 is 0 Å². The highest BCUT2D eigenvalue weighted by Gasteiger charge is 2.54. The molecule has 0 unspecified atom stereocenters. The lowest BCUT2D eigenvalue weighted by Crippen LogP contribution is -2.64. The number of benzene rings is 1. The summed E-state index contributed by atoms with van der Waals surface area (Å²) >= 11 is 0. The maximum Gasteiger partial charge on any atom is 0.290 e. The van der Waals surface area contributed by atoms with E-state index in [0.29, 0.717) is 16.7 Å². The molecule has 0 saturated carbocycles. The average Bonchev–Trinajstić information content (AvgIpc) is 3.04. The van der Waals surface area contributed by atoms with Crippen LogP contribution in [0.15, 0.2) is 18.2 Å². The quantitative estimate of drug-likeness (QED) is 0.668. The molecule has 1 aromatic heterocycles. The predicted octanol–water partition coefficient (Wildman–Crippen LogP) is 2.93. The SMILES string of the molecule is C[C@@H]1N(c2nc(-c3ccc4c(c3)COC[C@@H]4CS(N)(=O)=O)c3c(n2)C(F)(F)CC3)CC1(F)F. The number of nitrogens with two attached hydrogens (primary N) is 1. The Balaban J connectivity index is 1.58. The summed E-state index contributed by atoms with van der Waals surface area (Å²) in [4.78, 5) is 9.66. The van der Waals surface area contributed by atoms with Crippen LogP contribution < -0.4 is 10.0 Å². The van der Waals surface area contributed by atoms with E-state index in [4.69, 9.17) is 9.88 Å². The third-order valence-corrected chi connectivity index (χ3v) is 7.48. The number of ether oxygens (including phenoxy) is 1. The molecule has 2 aromatic rings. The van der Waals surface area contributed by atoms with Gasteiger partial charge in [0.25, 0.3) is 11.8 Å². The van der Waals surface area contributed by atoms with Gasteiger partial charge in [0.05, 0.1) is 37.2 Å². The van der Waals surface area contributed by atoms with Crippen LogP contribution in [0.25, 0.3) is 11.3 Å². The number of anilines is 1. The van der Waals surface area contributed by atoms with Crippen molar-refractivity contribution in [3.63, 3.8) is 0 Å². The first kappa shape index (κ1) is 22.5. The standard InChI is InChI=1S/C21H22F4N4O3S/c1-11-21(24,25)10-29(11)19-27-17(16-4-5-20(22,23)18(16)28-19)12-2-3-15-13(6-12)7-32-8-14(15)9-33(26,30)31/h2-3,6,11,14H,4-5,7-10H2,1H3,(H2,26,30,31)/t11-,14+/m0/s1. The van der Waals surface area contributed by atoms with Gasteiger partial charge in [0.2, 0.25) is 16.0 Å². The summed E-state index contributed by atoms with van der Waals surface area (Å²) in [6.45, 7) is 1.09. The van der Waals surface area contributed by atoms with Crippen LogP contribution >= 0.6 is 0 Å². The number of fused-ring (bicyclic) bond motifs is 2. The molecule has 7 nitrogen and oxygen atoms in total. The molecule has 0 radical (unpaired) electrons. The van der Waals surface area contributed by atoms with E-state index in [9.17, 15) is 26.0 Å². The Bertz CT molecular complexity index is 1240. The van der Waals surface area contributed by atoms with Crippen LogP contribution in [0.1, 0.15) is 41.6 Å². The molecular formula is C21H22F4N4O3S.